The predicted octanol–water partition coefficient (Wildman–Crippen LogP) is 1.23. The molecule has 0 radical (unpaired) electrons. The van der Waals surface area contributed by atoms with Crippen LogP contribution in [0.3, 0.4) is 0 Å². The van der Waals surface area contributed by atoms with E-state index in [2.05, 4.69) is 11.4 Å². The monoisotopic (exact) mass is 262 g/mol. The van der Waals surface area contributed by atoms with Crippen molar-refractivity contribution in [3.63, 3.8) is 0 Å². The Morgan fingerprint density at radius 1 is 1.26 bits per heavy atom. The van der Waals surface area contributed by atoms with Gasteiger partial charge >= 0.3 is 12.0 Å². The standard InChI is InChI=1S/C14H18N2O3/c15-14(19)16-12(13(17)18)8-9-5-6-10-3-1-2-4-11(10)7-9/h5-7,12H,1-4,8H2,(H,17,18)(H3,15,16,19). The molecular formula is C14H18N2O3. The SMILES string of the molecule is NC(=O)NC(Cc1ccc2c(c1)CCCC2)C(=O)O. The molecule has 0 fully saturated rings. The number of carbonyl (C=O) groups excluding carboxylic acids is 1. The summed E-state index contributed by atoms with van der Waals surface area (Å²) in [6.45, 7) is 0. The number of rotatable bonds is 4. The number of carbonyl (C=O) groups is 2. The van der Waals surface area contributed by atoms with Crippen LogP contribution in [-0.2, 0) is 24.1 Å². The molecule has 1 atom stereocenters. The van der Waals surface area contributed by atoms with Crippen molar-refractivity contribution < 1.29 is 14.7 Å². The van der Waals surface area contributed by atoms with Crippen LogP contribution >= 0.6 is 0 Å². The maximum absolute atomic E-state index is 11.1. The van der Waals surface area contributed by atoms with Crippen molar-refractivity contribution in [1.29, 1.82) is 0 Å². The fourth-order valence-corrected chi connectivity index (χ4v) is 2.52. The van der Waals surface area contributed by atoms with Crippen molar-refractivity contribution in [2.45, 2.75) is 38.1 Å². The quantitative estimate of drug-likeness (QED) is 0.762. The predicted molar refractivity (Wildman–Crippen MR) is 70.9 cm³/mol. The van der Waals surface area contributed by atoms with E-state index in [4.69, 9.17) is 10.8 Å². The van der Waals surface area contributed by atoms with Gasteiger partial charge in [0.25, 0.3) is 0 Å². The third-order valence-electron chi connectivity index (χ3n) is 3.47. The zero-order valence-electron chi connectivity index (χ0n) is 10.7. The van der Waals surface area contributed by atoms with Gasteiger partial charge in [0.05, 0.1) is 0 Å². The average molecular weight is 262 g/mol. The number of aliphatic carboxylic acids is 1. The summed E-state index contributed by atoms with van der Waals surface area (Å²) in [5.74, 6) is -1.07. The van der Waals surface area contributed by atoms with E-state index in [9.17, 15) is 9.59 Å². The first-order valence-electron chi connectivity index (χ1n) is 6.45. The lowest BCUT2D eigenvalue weighted by Gasteiger charge is -2.18. The summed E-state index contributed by atoms with van der Waals surface area (Å²) in [7, 11) is 0. The lowest BCUT2D eigenvalue weighted by atomic mass is 9.89. The van der Waals surface area contributed by atoms with E-state index in [1.165, 1.54) is 24.0 Å². The maximum atomic E-state index is 11.1. The van der Waals surface area contributed by atoms with Crippen molar-refractivity contribution in [2.24, 2.45) is 5.73 Å². The largest absolute Gasteiger partial charge is 0.480 e. The first kappa shape index (κ1) is 13.4. The summed E-state index contributed by atoms with van der Waals surface area (Å²) in [4.78, 5) is 21.8. The lowest BCUT2D eigenvalue weighted by Crippen LogP contribution is -2.44. The molecule has 1 aliphatic carbocycles. The van der Waals surface area contributed by atoms with E-state index >= 15 is 0 Å². The Morgan fingerprint density at radius 3 is 2.58 bits per heavy atom. The van der Waals surface area contributed by atoms with E-state index in [-0.39, 0.29) is 6.42 Å². The molecule has 102 valence electrons. The molecule has 19 heavy (non-hydrogen) atoms. The zero-order valence-corrected chi connectivity index (χ0v) is 10.7. The third-order valence-corrected chi connectivity index (χ3v) is 3.47. The van der Waals surface area contributed by atoms with Gasteiger partial charge in [0.15, 0.2) is 0 Å². The topological polar surface area (TPSA) is 92.4 Å². The fourth-order valence-electron chi connectivity index (χ4n) is 2.52. The molecule has 2 rings (SSSR count). The minimum atomic E-state index is -1.07. The first-order chi connectivity index (χ1) is 9.06. The number of hydrogen-bond acceptors (Lipinski definition) is 2. The van der Waals surface area contributed by atoms with Gasteiger partial charge in [-0.3, -0.25) is 0 Å². The molecule has 0 saturated carbocycles. The van der Waals surface area contributed by atoms with Crippen LogP contribution in [0.5, 0.6) is 0 Å². The van der Waals surface area contributed by atoms with Crippen LogP contribution in [0, 0.1) is 0 Å². The lowest BCUT2D eigenvalue weighted by molar-refractivity contribution is -0.139. The number of benzene rings is 1. The molecule has 0 aliphatic heterocycles. The van der Waals surface area contributed by atoms with Crippen molar-refractivity contribution in [3.05, 3.63) is 34.9 Å². The van der Waals surface area contributed by atoms with Gasteiger partial charge in [-0.05, 0) is 42.4 Å². The molecule has 0 heterocycles. The number of hydrogen-bond donors (Lipinski definition) is 3. The summed E-state index contributed by atoms with van der Waals surface area (Å²) >= 11 is 0. The van der Waals surface area contributed by atoms with Gasteiger partial charge in [-0.1, -0.05) is 18.2 Å². The smallest absolute Gasteiger partial charge is 0.326 e. The third kappa shape index (κ3) is 3.47. The Kier molecular flexibility index (Phi) is 4.04. The number of aryl methyl sites for hydroxylation is 2. The highest BCUT2D eigenvalue weighted by Crippen LogP contribution is 2.22. The Balaban J connectivity index is 2.12. The highest BCUT2D eigenvalue weighted by molar-refractivity contribution is 5.81. The van der Waals surface area contributed by atoms with Gasteiger partial charge in [0, 0.05) is 6.42 Å². The Morgan fingerprint density at radius 2 is 1.95 bits per heavy atom. The van der Waals surface area contributed by atoms with Crippen LogP contribution in [0.1, 0.15) is 29.5 Å². The minimum Gasteiger partial charge on any atom is -0.480 e. The minimum absolute atomic E-state index is 0.256. The molecular weight excluding hydrogens is 244 g/mol. The van der Waals surface area contributed by atoms with Crippen LogP contribution in [0.2, 0.25) is 0 Å². The van der Waals surface area contributed by atoms with E-state index in [0.717, 1.165) is 18.4 Å². The van der Waals surface area contributed by atoms with Gasteiger partial charge < -0.3 is 16.2 Å². The molecule has 0 bridgehead atoms. The molecule has 1 aromatic carbocycles. The highest BCUT2D eigenvalue weighted by atomic mass is 16.4. The van der Waals surface area contributed by atoms with Gasteiger partial charge in [0.2, 0.25) is 0 Å². The van der Waals surface area contributed by atoms with Crippen molar-refractivity contribution in [3.8, 4) is 0 Å². The number of carboxylic acid groups (broad SMARTS) is 1. The van der Waals surface area contributed by atoms with Gasteiger partial charge in [-0.15, -0.1) is 0 Å². The molecule has 5 heteroatoms. The van der Waals surface area contributed by atoms with Crippen LogP contribution in [0.25, 0.3) is 0 Å². The Bertz CT molecular complexity index is 499. The fraction of sp³-hybridized carbons (Fsp3) is 0.429. The van der Waals surface area contributed by atoms with E-state index < -0.39 is 18.0 Å². The van der Waals surface area contributed by atoms with Gasteiger partial charge in [-0.25, -0.2) is 9.59 Å². The van der Waals surface area contributed by atoms with E-state index in [1.807, 2.05) is 12.1 Å². The number of carboxylic acids is 1. The number of amides is 2. The second-order valence-corrected chi connectivity index (χ2v) is 4.91. The molecule has 1 aromatic rings. The first-order valence-corrected chi connectivity index (χ1v) is 6.45. The molecule has 0 spiro atoms. The summed E-state index contributed by atoms with van der Waals surface area (Å²) in [6.07, 6.45) is 4.79. The van der Waals surface area contributed by atoms with Crippen molar-refractivity contribution in [2.75, 3.05) is 0 Å². The Hall–Kier alpha value is -2.04. The molecule has 0 aromatic heterocycles. The summed E-state index contributed by atoms with van der Waals surface area (Å²) in [5, 5.41) is 11.3. The van der Waals surface area contributed by atoms with E-state index in [1.54, 1.807) is 0 Å². The molecule has 4 N–H and O–H groups in total. The van der Waals surface area contributed by atoms with Crippen LogP contribution in [0.4, 0.5) is 4.79 Å². The second-order valence-electron chi connectivity index (χ2n) is 4.91. The van der Waals surface area contributed by atoms with Gasteiger partial charge in [-0.2, -0.15) is 0 Å². The summed E-state index contributed by atoms with van der Waals surface area (Å²) in [5.41, 5.74) is 8.55. The second kappa shape index (κ2) is 5.73. The average Bonchev–Trinajstić information content (AvgIpc) is 2.37. The number of nitrogens with two attached hydrogens (primary N) is 1. The highest BCUT2D eigenvalue weighted by Gasteiger charge is 2.20. The zero-order chi connectivity index (χ0) is 13.8. The molecule has 0 saturated heterocycles. The van der Waals surface area contributed by atoms with Crippen LogP contribution in [0.15, 0.2) is 18.2 Å². The number of nitrogens with one attached hydrogen (secondary N) is 1. The molecule has 2 amide bonds. The van der Waals surface area contributed by atoms with Gasteiger partial charge in [0.1, 0.15) is 6.04 Å². The Labute approximate surface area is 111 Å². The van der Waals surface area contributed by atoms with Crippen LogP contribution in [-0.4, -0.2) is 23.1 Å². The molecule has 1 unspecified atom stereocenters. The van der Waals surface area contributed by atoms with Crippen LogP contribution < -0.4 is 11.1 Å². The maximum Gasteiger partial charge on any atom is 0.326 e. The number of urea groups is 1. The number of fused-ring (bicyclic) bond motifs is 1. The number of primary amides is 1. The van der Waals surface area contributed by atoms with Crippen molar-refractivity contribution in [1.82, 2.24) is 5.32 Å². The summed E-state index contributed by atoms with van der Waals surface area (Å²) < 4.78 is 0. The normalized spacial score (nSPS) is 15.4. The summed E-state index contributed by atoms with van der Waals surface area (Å²) in [6, 6.07) is 4.26. The molecule has 5 nitrogen and oxygen atoms in total. The molecule has 1 aliphatic rings. The van der Waals surface area contributed by atoms with E-state index in [0.29, 0.717) is 0 Å². The van der Waals surface area contributed by atoms with Crippen molar-refractivity contribution >= 4 is 12.0 Å².